The summed E-state index contributed by atoms with van der Waals surface area (Å²) in [5.41, 5.74) is 0. The number of nitrogens with one attached hydrogen (secondary N) is 1. The highest BCUT2D eigenvalue weighted by Gasteiger charge is 2.53. The molecule has 0 aliphatic carbocycles. The number of aliphatic hydroxyl groups is 11. The van der Waals surface area contributed by atoms with Crippen LogP contribution in [0.3, 0.4) is 0 Å². The fourth-order valence-electron chi connectivity index (χ4n) is 12.2. The van der Waals surface area contributed by atoms with Crippen LogP contribution in [0, 0.1) is 0 Å². The number of carbonyl (C=O) groups is 1. The third-order valence-electron chi connectivity index (χ3n) is 18.0. The van der Waals surface area contributed by atoms with Crippen molar-refractivity contribution in [2.75, 3.05) is 26.4 Å². The molecule has 19 heteroatoms. The van der Waals surface area contributed by atoms with Crippen LogP contribution < -0.4 is 5.32 Å². The van der Waals surface area contributed by atoms with Crippen LogP contribution in [0.25, 0.3) is 0 Å². The molecule has 3 rings (SSSR count). The molecule has 0 bridgehead atoms. The highest BCUT2D eigenvalue weighted by atomic mass is 16.8. The molecule has 17 unspecified atom stereocenters. The molecule has 0 spiro atoms. The quantitative estimate of drug-likeness (QED) is 0.0199. The third kappa shape index (κ3) is 33.4. The van der Waals surface area contributed by atoms with Crippen molar-refractivity contribution in [1.29, 1.82) is 0 Å². The van der Waals surface area contributed by atoms with E-state index < -0.39 is 124 Å². The van der Waals surface area contributed by atoms with Gasteiger partial charge in [0, 0.05) is 6.42 Å². The Morgan fingerprint density at radius 3 is 1.14 bits per heavy atom. The summed E-state index contributed by atoms with van der Waals surface area (Å²) in [6.07, 6.45) is 31.6. The monoisotopic (exact) mass is 1260 g/mol. The first-order chi connectivity index (χ1) is 42.8. The van der Waals surface area contributed by atoms with Crippen LogP contribution in [0.1, 0.15) is 277 Å². The number of carbonyl (C=O) groups excluding carboxylic acids is 1. The largest absolute Gasteiger partial charge is 0.394 e. The fraction of sp³-hybridized carbons (Fsp3) is 0.928. The van der Waals surface area contributed by atoms with Crippen molar-refractivity contribution in [2.24, 2.45) is 0 Å². The number of aliphatic hydroxyl groups excluding tert-OH is 11. The van der Waals surface area contributed by atoms with Gasteiger partial charge in [-0.1, -0.05) is 263 Å². The second-order valence-electron chi connectivity index (χ2n) is 25.7. The summed E-state index contributed by atoms with van der Waals surface area (Å²) in [5.74, 6) is -0.280. The maximum absolute atomic E-state index is 13.4. The lowest BCUT2D eigenvalue weighted by molar-refractivity contribution is -0.379. The van der Waals surface area contributed by atoms with Crippen LogP contribution in [0.2, 0.25) is 0 Å². The van der Waals surface area contributed by atoms with Crippen molar-refractivity contribution >= 4 is 5.91 Å². The fourth-order valence-corrected chi connectivity index (χ4v) is 12.2. The van der Waals surface area contributed by atoms with Gasteiger partial charge in [0.15, 0.2) is 18.9 Å². The van der Waals surface area contributed by atoms with E-state index in [0.29, 0.717) is 12.8 Å². The average molecular weight is 1260 g/mol. The number of unbranched alkanes of at least 4 members (excludes halogenated alkanes) is 37. The Kier molecular flexibility index (Phi) is 47.3. The molecule has 19 nitrogen and oxygen atoms in total. The number of amides is 1. The molecule has 3 heterocycles. The molecule has 0 saturated carbocycles. The zero-order valence-corrected chi connectivity index (χ0v) is 54.7. The van der Waals surface area contributed by atoms with Gasteiger partial charge in [0.1, 0.15) is 73.2 Å². The van der Waals surface area contributed by atoms with Crippen LogP contribution in [0.4, 0.5) is 0 Å². The number of allylic oxidation sites excluding steroid dienone is 3. The first-order valence-corrected chi connectivity index (χ1v) is 35.6. The molecule has 3 fully saturated rings. The minimum atomic E-state index is -1.98. The van der Waals surface area contributed by atoms with Crippen LogP contribution in [0.15, 0.2) is 24.3 Å². The molecule has 1 amide bonds. The van der Waals surface area contributed by atoms with Crippen molar-refractivity contribution in [2.45, 2.75) is 381 Å². The number of rotatable bonds is 55. The summed E-state index contributed by atoms with van der Waals surface area (Å²) in [4.78, 5) is 13.4. The predicted octanol–water partition coefficient (Wildman–Crippen LogP) is 9.44. The highest BCUT2D eigenvalue weighted by molar-refractivity contribution is 5.76. The molecule has 3 aliphatic rings. The molecule has 0 aromatic heterocycles. The average Bonchev–Trinajstić information content (AvgIpc) is 3.71. The summed E-state index contributed by atoms with van der Waals surface area (Å²) >= 11 is 0. The SMILES string of the molecule is CCCCCCCCCCCCCCCCCC/C=C/CC/C=C/C(O)C(COC1OC(CO)C(OC2OC(CO)C(OC3OC(CO)C(O)C(O)C3O)C(O)C2O)C(O)C1O)NC(=O)CCCCCCCCCCCCCCCCCCCCCCC. The molecule has 0 aromatic rings. The van der Waals surface area contributed by atoms with Gasteiger partial charge in [-0.15, -0.1) is 0 Å². The normalized spacial score (nSPS) is 28.5. The smallest absolute Gasteiger partial charge is 0.220 e. The molecule has 3 saturated heterocycles. The summed E-state index contributed by atoms with van der Waals surface area (Å²) in [5, 5.41) is 121. The number of ether oxygens (including phenoxy) is 6. The Hall–Kier alpha value is -1.73. The predicted molar refractivity (Wildman–Crippen MR) is 342 cm³/mol. The summed E-state index contributed by atoms with van der Waals surface area (Å²) in [6.45, 7) is 1.75. The molecule has 17 atom stereocenters. The van der Waals surface area contributed by atoms with Gasteiger partial charge in [-0.05, 0) is 32.1 Å². The Bertz CT molecular complexity index is 1690. The Balaban J connectivity index is 1.45. The third-order valence-corrected chi connectivity index (χ3v) is 18.0. The maximum atomic E-state index is 13.4. The van der Waals surface area contributed by atoms with Crippen LogP contribution >= 0.6 is 0 Å². The van der Waals surface area contributed by atoms with Gasteiger partial charge in [-0.25, -0.2) is 0 Å². The maximum Gasteiger partial charge on any atom is 0.220 e. The second-order valence-corrected chi connectivity index (χ2v) is 25.7. The molecule has 3 aliphatic heterocycles. The van der Waals surface area contributed by atoms with Gasteiger partial charge in [-0.3, -0.25) is 4.79 Å². The van der Waals surface area contributed by atoms with Gasteiger partial charge in [0.25, 0.3) is 0 Å². The summed E-state index contributed by atoms with van der Waals surface area (Å²) < 4.78 is 34.4. The number of hydrogen-bond donors (Lipinski definition) is 12. The lowest BCUT2D eigenvalue weighted by Crippen LogP contribution is -2.66. The van der Waals surface area contributed by atoms with Crippen LogP contribution in [0.5, 0.6) is 0 Å². The lowest BCUT2D eigenvalue weighted by atomic mass is 9.96. The van der Waals surface area contributed by atoms with Crippen LogP contribution in [-0.2, 0) is 33.2 Å². The van der Waals surface area contributed by atoms with Crippen molar-refractivity contribution in [3.8, 4) is 0 Å². The Morgan fingerprint density at radius 1 is 0.398 bits per heavy atom. The molecule has 0 aromatic carbocycles. The summed E-state index contributed by atoms with van der Waals surface area (Å²) in [7, 11) is 0. The molecule has 0 radical (unpaired) electrons. The van der Waals surface area contributed by atoms with E-state index in [1.165, 1.54) is 205 Å². The van der Waals surface area contributed by atoms with Gasteiger partial charge >= 0.3 is 0 Å². The minimum absolute atomic E-state index is 0.241. The molecular formula is C69H129NO18. The topological polar surface area (TPSA) is 307 Å². The van der Waals surface area contributed by atoms with Gasteiger partial charge in [-0.2, -0.15) is 0 Å². The highest BCUT2D eigenvalue weighted by Crippen LogP contribution is 2.33. The van der Waals surface area contributed by atoms with E-state index in [1.807, 2.05) is 6.08 Å². The summed E-state index contributed by atoms with van der Waals surface area (Å²) in [6, 6.07) is -0.987. The standard InChI is InChI=1S/C69H129NO18/c1-3-5-7-9-11-13-15-17-19-21-23-25-27-28-30-32-34-36-38-40-42-44-46-53(74)52(70-57(75)47-45-43-41-39-37-35-33-31-29-26-24-22-20-18-16-14-12-10-8-6-4-2)51-83-67-63(81)60(78)65(55(49-72)85-67)88-69-64(82)61(79)66(56(50-73)86-69)87-68-62(80)59(77)58(76)54(48-71)84-68/h36,38,44,46,52-56,58-69,71-74,76-82H,3-35,37,39-43,45,47-51H2,1-2H3,(H,70,75)/b38-36+,46-44+. The van der Waals surface area contributed by atoms with Crippen LogP contribution in [-0.4, -0.2) is 193 Å². The van der Waals surface area contributed by atoms with Gasteiger partial charge < -0.3 is 89.9 Å². The minimum Gasteiger partial charge on any atom is -0.394 e. The zero-order chi connectivity index (χ0) is 64.0. The van der Waals surface area contributed by atoms with E-state index in [-0.39, 0.29) is 18.9 Å². The van der Waals surface area contributed by atoms with E-state index in [0.717, 1.165) is 38.5 Å². The van der Waals surface area contributed by atoms with Crippen molar-refractivity contribution < 1.29 is 89.4 Å². The van der Waals surface area contributed by atoms with Gasteiger partial charge in [0.2, 0.25) is 5.91 Å². The Morgan fingerprint density at radius 2 is 0.727 bits per heavy atom. The lowest BCUT2D eigenvalue weighted by Gasteiger charge is -2.48. The van der Waals surface area contributed by atoms with E-state index in [2.05, 4.69) is 31.3 Å². The van der Waals surface area contributed by atoms with Crippen molar-refractivity contribution in [3.63, 3.8) is 0 Å². The first kappa shape index (κ1) is 80.5. The van der Waals surface area contributed by atoms with E-state index in [1.54, 1.807) is 6.08 Å². The van der Waals surface area contributed by atoms with Gasteiger partial charge in [0.05, 0.1) is 38.6 Å². The van der Waals surface area contributed by atoms with Crippen molar-refractivity contribution in [1.82, 2.24) is 5.32 Å². The molecule has 12 N–H and O–H groups in total. The van der Waals surface area contributed by atoms with E-state index in [4.69, 9.17) is 28.4 Å². The molecular weight excluding hydrogens is 1130 g/mol. The van der Waals surface area contributed by atoms with E-state index >= 15 is 0 Å². The zero-order valence-electron chi connectivity index (χ0n) is 54.7. The second kappa shape index (κ2) is 51.7. The number of hydrogen-bond acceptors (Lipinski definition) is 18. The van der Waals surface area contributed by atoms with E-state index in [9.17, 15) is 61.0 Å². The first-order valence-electron chi connectivity index (χ1n) is 35.6. The Labute approximate surface area is 530 Å². The molecule has 518 valence electrons. The molecule has 88 heavy (non-hydrogen) atoms. The van der Waals surface area contributed by atoms with Crippen molar-refractivity contribution in [3.05, 3.63) is 24.3 Å².